The summed E-state index contributed by atoms with van der Waals surface area (Å²) in [4.78, 5) is 16.7. The molecule has 18 heavy (non-hydrogen) atoms. The second-order valence-electron chi connectivity index (χ2n) is 4.36. The molecule has 7 heteroatoms. The van der Waals surface area contributed by atoms with Crippen molar-refractivity contribution in [3.8, 4) is 0 Å². The van der Waals surface area contributed by atoms with Crippen LogP contribution in [0.3, 0.4) is 0 Å². The summed E-state index contributed by atoms with van der Waals surface area (Å²) in [5.41, 5.74) is 0.0248. The Morgan fingerprint density at radius 2 is 2.44 bits per heavy atom. The standard InChI is InChI=1S/C11H16N4O3/c1-12-10-4-9(15(17)18)5-11(13-10)14-3-2-8(6-14)7-16/h4-5,8,16H,2-3,6-7H2,1H3,(H,12,13). The Balaban J connectivity index is 2.27. The predicted molar refractivity (Wildman–Crippen MR) is 67.8 cm³/mol. The van der Waals surface area contributed by atoms with Crippen molar-refractivity contribution in [2.75, 3.05) is 37.0 Å². The molecular formula is C11H16N4O3. The number of aliphatic hydroxyl groups is 1. The van der Waals surface area contributed by atoms with E-state index in [9.17, 15) is 10.1 Å². The molecule has 1 aliphatic heterocycles. The molecule has 0 aromatic carbocycles. The molecule has 0 bridgehead atoms. The second-order valence-corrected chi connectivity index (χ2v) is 4.36. The third kappa shape index (κ3) is 2.51. The van der Waals surface area contributed by atoms with Crippen LogP contribution < -0.4 is 10.2 Å². The van der Waals surface area contributed by atoms with E-state index >= 15 is 0 Å². The van der Waals surface area contributed by atoms with Gasteiger partial charge in [-0.3, -0.25) is 10.1 Å². The summed E-state index contributed by atoms with van der Waals surface area (Å²) in [7, 11) is 1.68. The number of anilines is 2. The summed E-state index contributed by atoms with van der Waals surface area (Å²) >= 11 is 0. The van der Waals surface area contributed by atoms with Crippen molar-refractivity contribution in [3.63, 3.8) is 0 Å². The van der Waals surface area contributed by atoms with Gasteiger partial charge in [0.1, 0.15) is 11.6 Å². The van der Waals surface area contributed by atoms with Crippen molar-refractivity contribution in [2.45, 2.75) is 6.42 Å². The van der Waals surface area contributed by atoms with Gasteiger partial charge in [0.15, 0.2) is 0 Å². The van der Waals surface area contributed by atoms with E-state index in [0.717, 1.165) is 13.0 Å². The first-order valence-corrected chi connectivity index (χ1v) is 5.84. The number of rotatable bonds is 4. The molecule has 2 heterocycles. The van der Waals surface area contributed by atoms with E-state index in [-0.39, 0.29) is 18.2 Å². The minimum Gasteiger partial charge on any atom is -0.396 e. The molecular weight excluding hydrogens is 236 g/mol. The lowest BCUT2D eigenvalue weighted by atomic mass is 10.1. The number of hydrogen-bond donors (Lipinski definition) is 2. The Bertz CT molecular complexity index is 452. The molecule has 1 aliphatic rings. The third-order valence-corrected chi connectivity index (χ3v) is 3.13. The van der Waals surface area contributed by atoms with Gasteiger partial charge in [0, 0.05) is 32.7 Å². The van der Waals surface area contributed by atoms with Crippen LogP contribution in [0.4, 0.5) is 17.3 Å². The van der Waals surface area contributed by atoms with Gasteiger partial charge in [0.2, 0.25) is 0 Å². The van der Waals surface area contributed by atoms with Crippen LogP contribution in [0.2, 0.25) is 0 Å². The van der Waals surface area contributed by atoms with Gasteiger partial charge in [0.25, 0.3) is 5.69 Å². The average Bonchev–Trinajstić information content (AvgIpc) is 2.86. The zero-order valence-corrected chi connectivity index (χ0v) is 10.2. The van der Waals surface area contributed by atoms with Gasteiger partial charge in [0.05, 0.1) is 17.1 Å². The normalized spacial score (nSPS) is 19.0. The third-order valence-electron chi connectivity index (χ3n) is 3.13. The van der Waals surface area contributed by atoms with Gasteiger partial charge >= 0.3 is 0 Å². The highest BCUT2D eigenvalue weighted by atomic mass is 16.6. The first-order chi connectivity index (χ1) is 8.63. The molecule has 2 N–H and O–H groups in total. The van der Waals surface area contributed by atoms with Crippen molar-refractivity contribution in [1.29, 1.82) is 0 Å². The van der Waals surface area contributed by atoms with Crippen LogP contribution in [0.25, 0.3) is 0 Å². The minimum atomic E-state index is -0.425. The molecule has 1 atom stereocenters. The van der Waals surface area contributed by atoms with Crippen LogP contribution in [0.1, 0.15) is 6.42 Å². The Morgan fingerprint density at radius 1 is 1.67 bits per heavy atom. The molecule has 0 amide bonds. The number of aliphatic hydroxyl groups excluding tert-OH is 1. The smallest absolute Gasteiger partial charge is 0.276 e. The SMILES string of the molecule is CNc1cc([N+](=O)[O-])cc(N2CCC(CO)C2)n1. The lowest BCUT2D eigenvalue weighted by molar-refractivity contribution is -0.384. The van der Waals surface area contributed by atoms with Crippen LogP contribution in [0.5, 0.6) is 0 Å². The molecule has 0 saturated carbocycles. The summed E-state index contributed by atoms with van der Waals surface area (Å²) in [5, 5.41) is 22.8. The number of nitrogens with one attached hydrogen (secondary N) is 1. The van der Waals surface area contributed by atoms with Gasteiger partial charge in [-0.2, -0.15) is 0 Å². The van der Waals surface area contributed by atoms with E-state index < -0.39 is 4.92 Å². The maximum atomic E-state index is 10.8. The number of nitrogens with zero attached hydrogens (tertiary/aromatic N) is 3. The Hall–Kier alpha value is -1.89. The van der Waals surface area contributed by atoms with Gasteiger partial charge < -0.3 is 15.3 Å². The monoisotopic (exact) mass is 252 g/mol. The highest BCUT2D eigenvalue weighted by Crippen LogP contribution is 2.27. The van der Waals surface area contributed by atoms with Crippen molar-refractivity contribution in [3.05, 3.63) is 22.2 Å². The van der Waals surface area contributed by atoms with Gasteiger partial charge in [-0.15, -0.1) is 0 Å². The van der Waals surface area contributed by atoms with Crippen LogP contribution in [0, 0.1) is 16.0 Å². The van der Waals surface area contributed by atoms with E-state index in [1.165, 1.54) is 12.1 Å². The molecule has 1 fully saturated rings. The number of nitro groups is 1. The fraction of sp³-hybridized carbons (Fsp3) is 0.545. The number of aromatic nitrogens is 1. The first kappa shape index (κ1) is 12.6. The fourth-order valence-corrected chi connectivity index (χ4v) is 2.09. The lowest BCUT2D eigenvalue weighted by Crippen LogP contribution is -2.22. The van der Waals surface area contributed by atoms with Gasteiger partial charge in [-0.1, -0.05) is 0 Å². The quantitative estimate of drug-likeness (QED) is 0.609. The summed E-state index contributed by atoms with van der Waals surface area (Å²) in [6.07, 6.45) is 0.885. The summed E-state index contributed by atoms with van der Waals surface area (Å²) < 4.78 is 0. The maximum Gasteiger partial charge on any atom is 0.276 e. The van der Waals surface area contributed by atoms with Crippen LogP contribution in [-0.2, 0) is 0 Å². The number of hydrogen-bond acceptors (Lipinski definition) is 6. The van der Waals surface area contributed by atoms with Crippen molar-refractivity contribution < 1.29 is 10.0 Å². The lowest BCUT2D eigenvalue weighted by Gasteiger charge is -2.17. The van der Waals surface area contributed by atoms with Crippen LogP contribution >= 0.6 is 0 Å². The average molecular weight is 252 g/mol. The Labute approximate surface area is 105 Å². The van der Waals surface area contributed by atoms with E-state index in [4.69, 9.17) is 5.11 Å². The molecule has 1 aromatic rings. The fourth-order valence-electron chi connectivity index (χ4n) is 2.09. The molecule has 2 rings (SSSR count). The van der Waals surface area contributed by atoms with Gasteiger partial charge in [-0.05, 0) is 6.42 Å². The Morgan fingerprint density at radius 3 is 3.00 bits per heavy atom. The summed E-state index contributed by atoms with van der Waals surface area (Å²) in [6, 6.07) is 2.88. The van der Waals surface area contributed by atoms with Crippen LogP contribution in [0.15, 0.2) is 12.1 Å². The second kappa shape index (κ2) is 5.18. The number of pyridine rings is 1. The maximum absolute atomic E-state index is 10.8. The van der Waals surface area contributed by atoms with E-state index in [1.54, 1.807) is 7.05 Å². The highest BCUT2D eigenvalue weighted by molar-refractivity contribution is 5.56. The van der Waals surface area contributed by atoms with Crippen molar-refractivity contribution in [2.24, 2.45) is 5.92 Å². The topological polar surface area (TPSA) is 91.5 Å². The van der Waals surface area contributed by atoms with E-state index in [0.29, 0.717) is 18.2 Å². The molecule has 98 valence electrons. The first-order valence-electron chi connectivity index (χ1n) is 5.84. The van der Waals surface area contributed by atoms with E-state index in [2.05, 4.69) is 10.3 Å². The Kier molecular flexibility index (Phi) is 3.61. The van der Waals surface area contributed by atoms with Gasteiger partial charge in [-0.25, -0.2) is 4.98 Å². The summed E-state index contributed by atoms with van der Waals surface area (Å²) in [5.74, 6) is 1.29. The summed E-state index contributed by atoms with van der Waals surface area (Å²) in [6.45, 7) is 1.60. The molecule has 1 aromatic heterocycles. The van der Waals surface area contributed by atoms with Crippen molar-refractivity contribution >= 4 is 17.3 Å². The van der Waals surface area contributed by atoms with Crippen LogP contribution in [-0.4, -0.2) is 41.8 Å². The minimum absolute atomic E-state index is 0.0248. The molecule has 7 nitrogen and oxygen atoms in total. The zero-order chi connectivity index (χ0) is 13.1. The molecule has 1 saturated heterocycles. The largest absolute Gasteiger partial charge is 0.396 e. The molecule has 0 spiro atoms. The van der Waals surface area contributed by atoms with E-state index in [1.807, 2.05) is 4.90 Å². The zero-order valence-electron chi connectivity index (χ0n) is 10.2. The predicted octanol–water partition coefficient (Wildman–Crippen LogP) is 0.850. The molecule has 1 unspecified atom stereocenters. The molecule has 0 radical (unpaired) electrons. The highest BCUT2D eigenvalue weighted by Gasteiger charge is 2.24. The molecule has 0 aliphatic carbocycles. The van der Waals surface area contributed by atoms with Crippen molar-refractivity contribution in [1.82, 2.24) is 4.98 Å².